The van der Waals surface area contributed by atoms with Crippen molar-refractivity contribution in [2.45, 2.75) is 6.92 Å². The second-order valence-corrected chi connectivity index (χ2v) is 3.20. The second-order valence-electron chi connectivity index (χ2n) is 3.20. The van der Waals surface area contributed by atoms with Crippen molar-refractivity contribution in [1.29, 1.82) is 0 Å². The lowest BCUT2D eigenvalue weighted by atomic mass is 10.3. The predicted molar refractivity (Wildman–Crippen MR) is 63.4 cm³/mol. The third-order valence-corrected chi connectivity index (χ3v) is 1.87. The van der Waals surface area contributed by atoms with Crippen molar-refractivity contribution < 1.29 is 9.53 Å². The van der Waals surface area contributed by atoms with Crippen LogP contribution in [0.2, 0.25) is 0 Å². The molecule has 0 unspecified atom stereocenters. The number of nitrogen functional groups attached to an aromatic ring is 1. The van der Waals surface area contributed by atoms with Crippen LogP contribution < -0.4 is 21.1 Å². The monoisotopic (exact) mass is 223 g/mol. The van der Waals surface area contributed by atoms with Crippen LogP contribution in [0.25, 0.3) is 0 Å². The van der Waals surface area contributed by atoms with Crippen LogP contribution in [0.5, 0.6) is 5.75 Å². The molecule has 0 heterocycles. The Morgan fingerprint density at radius 2 is 2.00 bits per heavy atom. The van der Waals surface area contributed by atoms with Gasteiger partial charge in [0.15, 0.2) is 0 Å². The Hall–Kier alpha value is -1.91. The van der Waals surface area contributed by atoms with E-state index >= 15 is 0 Å². The second kappa shape index (κ2) is 6.55. The Morgan fingerprint density at radius 1 is 1.31 bits per heavy atom. The van der Waals surface area contributed by atoms with Gasteiger partial charge in [-0.1, -0.05) is 0 Å². The Kier molecular flexibility index (Phi) is 4.98. The van der Waals surface area contributed by atoms with Gasteiger partial charge in [-0.05, 0) is 31.2 Å². The molecule has 0 spiro atoms. The summed E-state index contributed by atoms with van der Waals surface area (Å²) in [5, 5.41) is 5.29. The highest BCUT2D eigenvalue weighted by Gasteiger charge is 1.97. The molecule has 0 aromatic heterocycles. The molecule has 4 N–H and O–H groups in total. The molecule has 16 heavy (non-hydrogen) atoms. The van der Waals surface area contributed by atoms with E-state index in [1.54, 1.807) is 24.3 Å². The lowest BCUT2D eigenvalue weighted by molar-refractivity contribution is 0.237. The van der Waals surface area contributed by atoms with Gasteiger partial charge in [0.25, 0.3) is 0 Å². The average molecular weight is 223 g/mol. The van der Waals surface area contributed by atoms with Crippen molar-refractivity contribution >= 4 is 11.7 Å². The minimum absolute atomic E-state index is 0.177. The Morgan fingerprint density at radius 3 is 2.62 bits per heavy atom. The van der Waals surface area contributed by atoms with Crippen LogP contribution >= 0.6 is 0 Å². The number of urea groups is 1. The number of nitrogens with one attached hydrogen (secondary N) is 2. The first-order chi connectivity index (χ1) is 7.72. The van der Waals surface area contributed by atoms with Gasteiger partial charge in [-0.2, -0.15) is 0 Å². The normalized spacial score (nSPS) is 9.56. The Bertz CT molecular complexity index is 325. The zero-order valence-corrected chi connectivity index (χ0v) is 9.32. The van der Waals surface area contributed by atoms with Gasteiger partial charge in [-0.25, -0.2) is 4.79 Å². The quantitative estimate of drug-likeness (QED) is 0.514. The van der Waals surface area contributed by atoms with E-state index in [0.717, 1.165) is 5.75 Å². The smallest absolute Gasteiger partial charge is 0.314 e. The molecule has 0 aliphatic heterocycles. The number of nitrogens with two attached hydrogens (primary N) is 1. The molecular formula is C11H17N3O2. The van der Waals surface area contributed by atoms with E-state index in [9.17, 15) is 4.79 Å². The molecule has 1 rings (SSSR count). The fourth-order valence-electron chi connectivity index (χ4n) is 1.12. The standard InChI is InChI=1S/C11H17N3O2/c1-2-13-11(15)14-7-8-16-10-5-3-9(12)4-6-10/h3-6H,2,7-8,12H2,1H3,(H2,13,14,15). The molecule has 0 aliphatic carbocycles. The number of amides is 2. The highest BCUT2D eigenvalue weighted by Crippen LogP contribution is 2.12. The number of anilines is 1. The highest BCUT2D eigenvalue weighted by molar-refractivity contribution is 5.73. The maximum atomic E-state index is 11.0. The van der Waals surface area contributed by atoms with Gasteiger partial charge in [0, 0.05) is 12.2 Å². The van der Waals surface area contributed by atoms with E-state index in [1.807, 2.05) is 6.92 Å². The van der Waals surface area contributed by atoms with E-state index in [-0.39, 0.29) is 6.03 Å². The maximum absolute atomic E-state index is 11.0. The molecule has 0 saturated heterocycles. The van der Waals surface area contributed by atoms with Crippen LogP contribution in [-0.4, -0.2) is 25.7 Å². The van der Waals surface area contributed by atoms with Crippen molar-refractivity contribution in [3.8, 4) is 5.75 Å². The van der Waals surface area contributed by atoms with Crippen LogP contribution in [0.4, 0.5) is 10.5 Å². The topological polar surface area (TPSA) is 76.4 Å². The molecule has 5 heteroatoms. The summed E-state index contributed by atoms with van der Waals surface area (Å²) in [6.07, 6.45) is 0. The molecule has 1 aromatic rings. The fraction of sp³-hybridized carbons (Fsp3) is 0.364. The summed E-state index contributed by atoms with van der Waals surface area (Å²) < 4.78 is 5.39. The largest absolute Gasteiger partial charge is 0.492 e. The summed E-state index contributed by atoms with van der Waals surface area (Å²) in [4.78, 5) is 11.0. The summed E-state index contributed by atoms with van der Waals surface area (Å²) in [5.74, 6) is 0.742. The third kappa shape index (κ3) is 4.54. The number of ether oxygens (including phenoxy) is 1. The molecule has 0 aliphatic rings. The summed E-state index contributed by atoms with van der Waals surface area (Å²) in [6.45, 7) is 3.38. The predicted octanol–water partition coefficient (Wildman–Crippen LogP) is 0.967. The molecule has 1 aromatic carbocycles. The van der Waals surface area contributed by atoms with E-state index in [2.05, 4.69) is 10.6 Å². The summed E-state index contributed by atoms with van der Waals surface area (Å²) in [7, 11) is 0. The number of hydrogen-bond acceptors (Lipinski definition) is 3. The molecule has 0 saturated carbocycles. The molecule has 0 radical (unpaired) electrons. The first kappa shape index (κ1) is 12.2. The Labute approximate surface area is 95.0 Å². The zero-order chi connectivity index (χ0) is 11.8. The lowest BCUT2D eigenvalue weighted by Crippen LogP contribution is -2.37. The van der Waals surface area contributed by atoms with Crippen LogP contribution in [0.3, 0.4) is 0 Å². The number of benzene rings is 1. The van der Waals surface area contributed by atoms with Crippen molar-refractivity contribution in [1.82, 2.24) is 10.6 Å². The van der Waals surface area contributed by atoms with Gasteiger partial charge in [0.1, 0.15) is 12.4 Å². The number of hydrogen-bond donors (Lipinski definition) is 3. The first-order valence-electron chi connectivity index (χ1n) is 5.22. The van der Waals surface area contributed by atoms with Gasteiger partial charge in [-0.3, -0.25) is 0 Å². The van der Waals surface area contributed by atoms with Crippen LogP contribution in [0, 0.1) is 0 Å². The molecule has 0 bridgehead atoms. The van der Waals surface area contributed by atoms with Gasteiger partial charge >= 0.3 is 6.03 Å². The van der Waals surface area contributed by atoms with E-state index in [4.69, 9.17) is 10.5 Å². The maximum Gasteiger partial charge on any atom is 0.314 e. The van der Waals surface area contributed by atoms with Crippen LogP contribution in [0.15, 0.2) is 24.3 Å². The minimum atomic E-state index is -0.177. The van der Waals surface area contributed by atoms with Gasteiger partial charge in [-0.15, -0.1) is 0 Å². The molecular weight excluding hydrogens is 206 g/mol. The van der Waals surface area contributed by atoms with E-state index in [0.29, 0.717) is 25.4 Å². The van der Waals surface area contributed by atoms with Crippen molar-refractivity contribution in [3.63, 3.8) is 0 Å². The minimum Gasteiger partial charge on any atom is -0.492 e. The van der Waals surface area contributed by atoms with Gasteiger partial charge in [0.05, 0.1) is 6.54 Å². The molecule has 5 nitrogen and oxygen atoms in total. The van der Waals surface area contributed by atoms with Crippen LogP contribution in [0.1, 0.15) is 6.92 Å². The van der Waals surface area contributed by atoms with Crippen molar-refractivity contribution in [3.05, 3.63) is 24.3 Å². The average Bonchev–Trinajstić information content (AvgIpc) is 2.27. The number of carbonyl (C=O) groups excluding carboxylic acids is 1. The summed E-state index contributed by atoms with van der Waals surface area (Å²) >= 11 is 0. The summed E-state index contributed by atoms with van der Waals surface area (Å²) in [6, 6.07) is 6.95. The SMILES string of the molecule is CCNC(=O)NCCOc1ccc(N)cc1. The highest BCUT2D eigenvalue weighted by atomic mass is 16.5. The molecule has 0 atom stereocenters. The number of carbonyl (C=O) groups is 1. The first-order valence-corrected chi connectivity index (χ1v) is 5.22. The molecule has 0 fully saturated rings. The van der Waals surface area contributed by atoms with Crippen molar-refractivity contribution in [2.24, 2.45) is 0 Å². The van der Waals surface area contributed by atoms with E-state index < -0.39 is 0 Å². The fourth-order valence-corrected chi connectivity index (χ4v) is 1.12. The zero-order valence-electron chi connectivity index (χ0n) is 9.32. The van der Waals surface area contributed by atoms with Crippen LogP contribution in [-0.2, 0) is 0 Å². The van der Waals surface area contributed by atoms with Crippen molar-refractivity contribution in [2.75, 3.05) is 25.4 Å². The molecule has 88 valence electrons. The summed E-state index contributed by atoms with van der Waals surface area (Å²) in [5.41, 5.74) is 6.24. The molecule has 2 amide bonds. The Balaban J connectivity index is 2.16. The lowest BCUT2D eigenvalue weighted by Gasteiger charge is -2.08. The van der Waals surface area contributed by atoms with E-state index in [1.165, 1.54) is 0 Å². The van der Waals surface area contributed by atoms with Gasteiger partial charge in [0.2, 0.25) is 0 Å². The van der Waals surface area contributed by atoms with Gasteiger partial charge < -0.3 is 21.1 Å². The number of rotatable bonds is 5. The third-order valence-electron chi connectivity index (χ3n) is 1.87.